The third kappa shape index (κ3) is 18.1. The van der Waals surface area contributed by atoms with E-state index in [0.29, 0.717) is 12.8 Å². The lowest BCUT2D eigenvalue weighted by molar-refractivity contribution is -0.163. The van der Waals surface area contributed by atoms with Gasteiger partial charge in [0, 0.05) is 5.92 Å². The summed E-state index contributed by atoms with van der Waals surface area (Å²) in [6.45, 7) is 10.2. The van der Waals surface area contributed by atoms with E-state index >= 15 is 0 Å². The molecule has 0 spiro atoms. The molecule has 0 unspecified atom stereocenters. The number of benzene rings is 1. The van der Waals surface area contributed by atoms with E-state index in [0.717, 1.165) is 31.2 Å². The maximum absolute atomic E-state index is 13.9. The van der Waals surface area contributed by atoms with Gasteiger partial charge in [0.25, 0.3) is 0 Å². The number of carboxylic acid groups (broad SMARTS) is 1. The van der Waals surface area contributed by atoms with E-state index in [-0.39, 0.29) is 25.6 Å². The number of hydrogen-bond donors (Lipinski definition) is 6. The lowest BCUT2D eigenvalue weighted by Gasteiger charge is -2.32. The number of unbranched alkanes of at least 4 members (excludes halogenated alkanes) is 10. The van der Waals surface area contributed by atoms with Crippen LogP contribution in [0.15, 0.2) is 30.3 Å². The number of nitrogens with two attached hydrogens (primary N) is 1. The van der Waals surface area contributed by atoms with Crippen molar-refractivity contribution in [3.05, 3.63) is 35.9 Å². The molecule has 0 aromatic heterocycles. The van der Waals surface area contributed by atoms with Crippen molar-refractivity contribution in [1.82, 2.24) is 10.6 Å². The minimum atomic E-state index is -1.42. The third-order valence-electron chi connectivity index (χ3n) is 9.73. The van der Waals surface area contributed by atoms with Crippen LogP contribution in [0.25, 0.3) is 0 Å². The standard InChI is InChI=1S/C40H69N3O9/c1-7-9-10-11-12-13-14-15-16-17-21-24-33(28(5)36(45)31(8-2)39(48)49)52-40(50)32(26-51-25-30-22-19-18-20-23-30)42-38(47)35(29(6)44)43-37(46)34(41)27(3)4/h18-20,22-23,27-29,31-36,44-45H,7-17,21,24-26,41H2,1-6H3,(H,42,47)(H,43,46)(H,48,49)/t28-,29+,31+,32-,33+,34-,35-,36+/m0/s1. The summed E-state index contributed by atoms with van der Waals surface area (Å²) < 4.78 is 11.8. The first-order valence-electron chi connectivity index (χ1n) is 19.5. The Bertz CT molecular complexity index is 1150. The number of esters is 1. The zero-order valence-corrected chi connectivity index (χ0v) is 32.6. The van der Waals surface area contributed by atoms with E-state index < -0.39 is 72.0 Å². The molecule has 2 amide bonds. The van der Waals surface area contributed by atoms with Gasteiger partial charge in [-0.05, 0) is 37.7 Å². The average molecular weight is 736 g/mol. The summed E-state index contributed by atoms with van der Waals surface area (Å²) in [6, 6.07) is 5.55. The van der Waals surface area contributed by atoms with Gasteiger partial charge in [-0.1, -0.05) is 129 Å². The van der Waals surface area contributed by atoms with Gasteiger partial charge in [-0.15, -0.1) is 0 Å². The van der Waals surface area contributed by atoms with Gasteiger partial charge in [-0.3, -0.25) is 14.4 Å². The van der Waals surface area contributed by atoms with Crippen molar-refractivity contribution in [2.24, 2.45) is 23.5 Å². The number of rotatable bonds is 29. The monoisotopic (exact) mass is 736 g/mol. The Labute approximate surface area is 312 Å². The van der Waals surface area contributed by atoms with Crippen LogP contribution >= 0.6 is 0 Å². The van der Waals surface area contributed by atoms with Gasteiger partial charge < -0.3 is 41.2 Å². The number of aliphatic hydroxyl groups excluding tert-OH is 2. The molecular weight excluding hydrogens is 666 g/mol. The molecule has 52 heavy (non-hydrogen) atoms. The second-order valence-electron chi connectivity index (χ2n) is 14.6. The summed E-state index contributed by atoms with van der Waals surface area (Å²) in [7, 11) is 0. The van der Waals surface area contributed by atoms with Crippen LogP contribution in [0.2, 0.25) is 0 Å². The summed E-state index contributed by atoms with van der Waals surface area (Å²) >= 11 is 0. The first-order chi connectivity index (χ1) is 24.7. The topological polar surface area (TPSA) is 198 Å². The zero-order valence-electron chi connectivity index (χ0n) is 32.6. The molecule has 0 saturated heterocycles. The molecule has 12 nitrogen and oxygen atoms in total. The molecule has 0 aliphatic heterocycles. The van der Waals surface area contributed by atoms with Crippen LogP contribution in [0.5, 0.6) is 0 Å². The van der Waals surface area contributed by atoms with Crippen molar-refractivity contribution in [3.63, 3.8) is 0 Å². The average Bonchev–Trinajstić information content (AvgIpc) is 3.11. The van der Waals surface area contributed by atoms with Crippen molar-refractivity contribution >= 4 is 23.8 Å². The van der Waals surface area contributed by atoms with Crippen LogP contribution in [0.1, 0.15) is 131 Å². The van der Waals surface area contributed by atoms with Gasteiger partial charge in [0.2, 0.25) is 11.8 Å². The molecule has 0 bridgehead atoms. The van der Waals surface area contributed by atoms with E-state index in [1.807, 2.05) is 30.3 Å². The Morgan fingerprint density at radius 3 is 1.85 bits per heavy atom. The maximum Gasteiger partial charge on any atom is 0.331 e. The lowest BCUT2D eigenvalue weighted by Crippen LogP contribution is -2.59. The Kier molecular flexibility index (Phi) is 24.1. The highest BCUT2D eigenvalue weighted by Crippen LogP contribution is 2.26. The normalized spacial score (nSPS) is 16.2. The minimum absolute atomic E-state index is 0.133. The Hall–Kier alpha value is -3.06. The molecule has 12 heteroatoms. The van der Waals surface area contributed by atoms with Crippen LogP contribution in [0.4, 0.5) is 0 Å². The summed E-state index contributed by atoms with van der Waals surface area (Å²) in [6.07, 6.45) is 9.53. The fraction of sp³-hybridized carbons (Fsp3) is 0.750. The minimum Gasteiger partial charge on any atom is -0.481 e. The molecule has 0 aliphatic rings. The number of nitrogens with one attached hydrogen (secondary N) is 2. The van der Waals surface area contributed by atoms with E-state index in [9.17, 15) is 34.5 Å². The Morgan fingerprint density at radius 2 is 1.35 bits per heavy atom. The van der Waals surface area contributed by atoms with Gasteiger partial charge >= 0.3 is 11.9 Å². The molecule has 0 fully saturated rings. The zero-order chi connectivity index (χ0) is 39.1. The van der Waals surface area contributed by atoms with Gasteiger partial charge in [0.1, 0.15) is 12.1 Å². The molecule has 8 atom stereocenters. The summed E-state index contributed by atoms with van der Waals surface area (Å²) in [5, 5.41) is 36.4. The molecule has 0 saturated carbocycles. The molecule has 1 rings (SSSR count). The molecule has 7 N–H and O–H groups in total. The van der Waals surface area contributed by atoms with Crippen LogP contribution < -0.4 is 16.4 Å². The second-order valence-corrected chi connectivity index (χ2v) is 14.6. The number of carbonyl (C=O) groups excluding carboxylic acids is 3. The van der Waals surface area contributed by atoms with Crippen molar-refractivity contribution in [3.8, 4) is 0 Å². The summed E-state index contributed by atoms with van der Waals surface area (Å²) in [5.74, 6) is -5.45. The third-order valence-corrected chi connectivity index (χ3v) is 9.73. The highest BCUT2D eigenvalue weighted by Gasteiger charge is 2.37. The molecular formula is C40H69N3O9. The maximum atomic E-state index is 13.9. The molecule has 298 valence electrons. The number of amides is 2. The predicted molar refractivity (Wildman–Crippen MR) is 202 cm³/mol. The Balaban J connectivity index is 3.13. The molecule has 0 radical (unpaired) electrons. The van der Waals surface area contributed by atoms with E-state index in [2.05, 4.69) is 17.6 Å². The number of ether oxygens (including phenoxy) is 2. The molecule has 0 aliphatic carbocycles. The van der Waals surface area contributed by atoms with Gasteiger partial charge in [-0.25, -0.2) is 4.79 Å². The fourth-order valence-corrected chi connectivity index (χ4v) is 6.08. The second kappa shape index (κ2) is 26.7. The van der Waals surface area contributed by atoms with Crippen molar-refractivity contribution in [1.29, 1.82) is 0 Å². The summed E-state index contributed by atoms with van der Waals surface area (Å²) in [5.41, 5.74) is 6.80. The number of aliphatic carboxylic acids is 1. The van der Waals surface area contributed by atoms with E-state index in [1.165, 1.54) is 45.4 Å². The van der Waals surface area contributed by atoms with Crippen LogP contribution in [0, 0.1) is 17.8 Å². The highest BCUT2D eigenvalue weighted by atomic mass is 16.6. The first-order valence-corrected chi connectivity index (χ1v) is 19.5. The van der Waals surface area contributed by atoms with Crippen LogP contribution in [-0.2, 0) is 35.3 Å². The number of aliphatic hydroxyl groups is 2. The highest BCUT2D eigenvalue weighted by molar-refractivity contribution is 5.92. The van der Waals surface area contributed by atoms with Crippen molar-refractivity contribution in [2.45, 2.75) is 168 Å². The quantitative estimate of drug-likeness (QED) is 0.0467. The number of hydrogen-bond acceptors (Lipinski definition) is 9. The van der Waals surface area contributed by atoms with Crippen LogP contribution in [0.3, 0.4) is 0 Å². The number of carboxylic acids is 1. The van der Waals surface area contributed by atoms with Crippen molar-refractivity contribution in [2.75, 3.05) is 6.61 Å². The molecule has 0 heterocycles. The molecule has 1 aromatic carbocycles. The van der Waals surface area contributed by atoms with E-state index in [1.54, 1.807) is 27.7 Å². The first kappa shape index (κ1) is 47.0. The number of carbonyl (C=O) groups is 4. The SMILES string of the molecule is CCCCCCCCCCCCC[C@@H](OC(=O)[C@H](COCc1ccccc1)NC(=O)[C@@H](NC(=O)[C@@H](N)C(C)C)[C@@H](C)O)[C@H](C)[C@@H](O)[C@@H](CC)C(=O)O. The van der Waals surface area contributed by atoms with E-state index in [4.69, 9.17) is 15.2 Å². The Morgan fingerprint density at radius 1 is 0.788 bits per heavy atom. The largest absolute Gasteiger partial charge is 0.481 e. The van der Waals surface area contributed by atoms with Crippen molar-refractivity contribution < 1.29 is 44.0 Å². The predicted octanol–water partition coefficient (Wildman–Crippen LogP) is 5.26. The van der Waals surface area contributed by atoms with Gasteiger partial charge in [0.05, 0.1) is 37.4 Å². The van der Waals surface area contributed by atoms with Gasteiger partial charge in [0.15, 0.2) is 6.04 Å². The smallest absolute Gasteiger partial charge is 0.331 e. The molecule has 1 aromatic rings. The fourth-order valence-electron chi connectivity index (χ4n) is 6.08. The lowest BCUT2D eigenvalue weighted by atomic mass is 9.85. The summed E-state index contributed by atoms with van der Waals surface area (Å²) in [4.78, 5) is 52.0. The van der Waals surface area contributed by atoms with Crippen LogP contribution in [-0.4, -0.2) is 82.1 Å². The van der Waals surface area contributed by atoms with Gasteiger partial charge in [-0.2, -0.15) is 0 Å².